The Hall–Kier alpha value is -3.87. The molecule has 10 nitrogen and oxygen atoms in total. The number of ether oxygens (including phenoxy) is 1. The number of piperidine rings is 1. The molecule has 2 fully saturated rings. The van der Waals surface area contributed by atoms with Crippen LogP contribution in [0.5, 0.6) is 5.88 Å². The fraction of sp³-hybridized carbons (Fsp3) is 0.500. The number of hydrogen-bond acceptors (Lipinski definition) is 8. The number of halogens is 3. The van der Waals surface area contributed by atoms with Gasteiger partial charge in [0.2, 0.25) is 17.9 Å². The molecule has 4 heterocycles. The topological polar surface area (TPSA) is 131 Å². The molecule has 0 aliphatic carbocycles. The van der Waals surface area contributed by atoms with Crippen LogP contribution in [-0.4, -0.2) is 62.7 Å². The molecule has 2 atom stereocenters. The predicted octanol–water partition coefficient (Wildman–Crippen LogP) is 4.22. The van der Waals surface area contributed by atoms with Gasteiger partial charge in [-0.3, -0.25) is 4.79 Å². The summed E-state index contributed by atoms with van der Waals surface area (Å²) < 4.78 is 50.9. The zero-order valence-electron chi connectivity index (χ0n) is 23.0. The average Bonchev–Trinajstić information content (AvgIpc) is 3.53. The van der Waals surface area contributed by atoms with Gasteiger partial charge in [-0.2, -0.15) is 28.2 Å². The molecule has 0 saturated carbocycles. The van der Waals surface area contributed by atoms with Crippen LogP contribution >= 0.6 is 0 Å². The van der Waals surface area contributed by atoms with E-state index < -0.39 is 24.3 Å². The fourth-order valence-electron chi connectivity index (χ4n) is 5.78. The summed E-state index contributed by atoms with van der Waals surface area (Å²) in [5.41, 5.74) is 7.41. The third-order valence-electron chi connectivity index (χ3n) is 7.93. The molecule has 2 aliphatic heterocycles. The molecule has 1 spiro atoms. The van der Waals surface area contributed by atoms with Crippen LogP contribution in [0.2, 0.25) is 0 Å². The number of aliphatic carboxylic acids is 1. The molecule has 1 unspecified atom stereocenters. The number of nitrogens with two attached hydrogens (primary N) is 1. The van der Waals surface area contributed by atoms with Crippen molar-refractivity contribution < 1.29 is 27.8 Å². The van der Waals surface area contributed by atoms with Crippen LogP contribution in [0.15, 0.2) is 36.5 Å². The highest BCUT2D eigenvalue weighted by molar-refractivity contribution is 5.74. The van der Waals surface area contributed by atoms with Crippen molar-refractivity contribution in [1.29, 1.82) is 0 Å². The molecule has 41 heavy (non-hydrogen) atoms. The highest BCUT2D eigenvalue weighted by atomic mass is 19.4. The summed E-state index contributed by atoms with van der Waals surface area (Å²) in [5, 5.41) is 16.8. The van der Waals surface area contributed by atoms with Crippen LogP contribution in [0.3, 0.4) is 0 Å². The monoisotopic (exact) mass is 573 g/mol. The van der Waals surface area contributed by atoms with Crippen LogP contribution in [0.1, 0.15) is 55.5 Å². The molecular weight excluding hydrogens is 539 g/mol. The van der Waals surface area contributed by atoms with Crippen molar-refractivity contribution in [3.05, 3.63) is 53.3 Å². The third kappa shape index (κ3) is 6.24. The number of nitrogens with one attached hydrogen (secondary N) is 1. The van der Waals surface area contributed by atoms with E-state index in [4.69, 9.17) is 10.5 Å². The van der Waals surface area contributed by atoms with E-state index in [0.29, 0.717) is 56.8 Å². The van der Waals surface area contributed by atoms with E-state index in [1.54, 1.807) is 31.3 Å². The number of benzene rings is 1. The van der Waals surface area contributed by atoms with E-state index in [-0.39, 0.29) is 28.5 Å². The smallest absolute Gasteiger partial charge is 0.429 e. The fourth-order valence-corrected chi connectivity index (χ4v) is 5.78. The van der Waals surface area contributed by atoms with E-state index in [1.165, 1.54) is 16.8 Å². The molecule has 0 radical (unpaired) electrons. The van der Waals surface area contributed by atoms with Crippen molar-refractivity contribution in [1.82, 2.24) is 25.1 Å². The van der Waals surface area contributed by atoms with E-state index in [2.05, 4.69) is 20.4 Å². The van der Waals surface area contributed by atoms with E-state index >= 15 is 0 Å². The van der Waals surface area contributed by atoms with E-state index in [1.807, 2.05) is 11.8 Å². The lowest BCUT2D eigenvalue weighted by molar-refractivity contribution is -0.198. The Balaban J connectivity index is 1.42. The predicted molar refractivity (Wildman–Crippen MR) is 146 cm³/mol. The standard InChI is InChI=1S/C28H34F3N7O3/c1-3-4-18-5-6-21(38-10-7-17(2)36-38)19(13-18)24(28(29,30)31)41-23-14-22(34-26(32)35-23)37-11-8-27(9-12-37)15-20(25(39)40)33-16-27/h5-7,10,13-14,20,24,33H,3-4,8-9,11-12,15-16H2,1-2H3,(H,39,40)(H2,32,34,35)/t20?,24-/m1/s1. The lowest BCUT2D eigenvalue weighted by atomic mass is 9.76. The Morgan fingerprint density at radius 3 is 2.61 bits per heavy atom. The normalized spacial score (nSPS) is 19.4. The zero-order valence-corrected chi connectivity index (χ0v) is 23.0. The van der Waals surface area contributed by atoms with Crippen molar-refractivity contribution in [2.45, 2.75) is 64.3 Å². The molecule has 0 bridgehead atoms. The number of alkyl halides is 3. The number of aryl methyl sites for hydroxylation is 2. The number of aromatic nitrogens is 4. The van der Waals surface area contributed by atoms with Gasteiger partial charge < -0.3 is 25.8 Å². The van der Waals surface area contributed by atoms with Gasteiger partial charge in [0, 0.05) is 37.5 Å². The summed E-state index contributed by atoms with van der Waals surface area (Å²) >= 11 is 0. The maximum atomic E-state index is 14.6. The lowest BCUT2D eigenvalue weighted by Gasteiger charge is -2.39. The Labute approximate surface area is 235 Å². The average molecular weight is 574 g/mol. The van der Waals surface area contributed by atoms with Crippen molar-refractivity contribution in [3.8, 4) is 11.6 Å². The van der Waals surface area contributed by atoms with Gasteiger partial charge in [0.15, 0.2) is 0 Å². The number of nitrogens with zero attached hydrogens (tertiary/aromatic N) is 5. The Kier molecular flexibility index (Phi) is 7.82. The minimum Gasteiger partial charge on any atom is -0.480 e. The van der Waals surface area contributed by atoms with Gasteiger partial charge in [0.25, 0.3) is 0 Å². The van der Waals surface area contributed by atoms with Crippen molar-refractivity contribution >= 4 is 17.7 Å². The minimum absolute atomic E-state index is 0.0769. The highest BCUT2D eigenvalue weighted by Crippen LogP contribution is 2.42. The Morgan fingerprint density at radius 1 is 1.24 bits per heavy atom. The van der Waals surface area contributed by atoms with Crippen LogP contribution in [0.25, 0.3) is 5.69 Å². The van der Waals surface area contributed by atoms with E-state index in [9.17, 15) is 23.1 Å². The number of rotatable bonds is 8. The van der Waals surface area contributed by atoms with Crippen LogP contribution < -0.4 is 20.7 Å². The second-order valence-electron chi connectivity index (χ2n) is 11.0. The summed E-state index contributed by atoms with van der Waals surface area (Å²) in [5.74, 6) is -0.978. The molecule has 2 saturated heterocycles. The second-order valence-corrected chi connectivity index (χ2v) is 11.0. The molecule has 1 aromatic carbocycles. The highest BCUT2D eigenvalue weighted by Gasteiger charge is 2.46. The zero-order chi connectivity index (χ0) is 29.4. The van der Waals surface area contributed by atoms with Crippen molar-refractivity contribution in [2.75, 3.05) is 30.3 Å². The summed E-state index contributed by atoms with van der Waals surface area (Å²) in [7, 11) is 0. The van der Waals surface area contributed by atoms with Gasteiger partial charge in [-0.15, -0.1) is 0 Å². The molecule has 5 rings (SSSR count). The van der Waals surface area contributed by atoms with Gasteiger partial charge in [-0.05, 0) is 61.8 Å². The molecular formula is C28H34F3N7O3. The number of hydrogen-bond donors (Lipinski definition) is 3. The van der Waals surface area contributed by atoms with Crippen molar-refractivity contribution in [2.24, 2.45) is 5.41 Å². The number of carboxylic acids is 1. The Morgan fingerprint density at radius 2 is 2.00 bits per heavy atom. The molecule has 0 amide bonds. The van der Waals surface area contributed by atoms with Gasteiger partial charge in [0.1, 0.15) is 11.9 Å². The first-order valence-corrected chi connectivity index (χ1v) is 13.7. The van der Waals surface area contributed by atoms with Gasteiger partial charge in [-0.1, -0.05) is 19.4 Å². The van der Waals surface area contributed by atoms with Crippen molar-refractivity contribution in [3.63, 3.8) is 0 Å². The number of carboxylic acid groups (broad SMARTS) is 1. The minimum atomic E-state index is -4.77. The van der Waals surface area contributed by atoms with Gasteiger partial charge >= 0.3 is 12.1 Å². The first-order valence-electron chi connectivity index (χ1n) is 13.7. The van der Waals surface area contributed by atoms with Crippen LogP contribution in [0, 0.1) is 12.3 Å². The van der Waals surface area contributed by atoms with Crippen LogP contribution in [-0.2, 0) is 11.2 Å². The maximum absolute atomic E-state index is 14.6. The molecule has 4 N–H and O–H groups in total. The summed E-state index contributed by atoms with van der Waals surface area (Å²) in [6, 6.07) is 7.48. The number of anilines is 2. The van der Waals surface area contributed by atoms with Gasteiger partial charge in [0.05, 0.1) is 11.4 Å². The first kappa shape index (κ1) is 28.7. The Bertz CT molecular complexity index is 1400. The molecule has 2 aliphatic rings. The number of carbonyl (C=O) groups is 1. The number of nitrogen functional groups attached to an aromatic ring is 1. The first-order chi connectivity index (χ1) is 19.5. The third-order valence-corrected chi connectivity index (χ3v) is 7.93. The van der Waals surface area contributed by atoms with E-state index in [0.717, 1.165) is 12.0 Å². The molecule has 2 aromatic heterocycles. The quantitative estimate of drug-likeness (QED) is 0.362. The maximum Gasteiger partial charge on any atom is 0.429 e. The summed E-state index contributed by atoms with van der Waals surface area (Å²) in [6.07, 6.45) is -2.13. The molecule has 13 heteroatoms. The lowest BCUT2D eigenvalue weighted by Crippen LogP contribution is -2.41. The molecule has 220 valence electrons. The molecule has 3 aromatic rings. The second kappa shape index (κ2) is 11.2. The summed E-state index contributed by atoms with van der Waals surface area (Å²) in [6.45, 7) is 5.44. The van der Waals surface area contributed by atoms with Gasteiger partial charge in [-0.25, -0.2) is 4.68 Å². The largest absolute Gasteiger partial charge is 0.480 e. The SMILES string of the molecule is CCCc1ccc(-n2ccc(C)n2)c([C@@H](Oc2cc(N3CCC4(CC3)CNC(C(=O)O)C4)nc(N)n2)C(F)(F)F)c1. The van der Waals surface area contributed by atoms with Crippen LogP contribution in [0.4, 0.5) is 24.9 Å². The summed E-state index contributed by atoms with van der Waals surface area (Å²) in [4.78, 5) is 21.6.